The number of rotatable bonds is 8. The van der Waals surface area contributed by atoms with E-state index in [9.17, 15) is 9.59 Å². The lowest BCUT2D eigenvalue weighted by Gasteiger charge is -2.21. The molecule has 0 aliphatic carbocycles. The number of nitrogens with zero attached hydrogens (tertiary/aromatic N) is 1. The Morgan fingerprint density at radius 2 is 1.77 bits per heavy atom. The van der Waals surface area contributed by atoms with Gasteiger partial charge in [-0.3, -0.25) is 9.59 Å². The summed E-state index contributed by atoms with van der Waals surface area (Å²) in [7, 11) is 4.54. The van der Waals surface area contributed by atoms with Crippen molar-refractivity contribution >= 4 is 28.5 Å². The molecule has 0 aliphatic rings. The minimum atomic E-state index is -0.758. The topological polar surface area (TPSA) is 115 Å². The number of ether oxygens (including phenoxy) is 3. The van der Waals surface area contributed by atoms with Crippen LogP contribution in [0.4, 0.5) is 5.82 Å². The molecule has 2 heterocycles. The highest BCUT2D eigenvalue weighted by Gasteiger charge is 2.26. The molecule has 2 aromatic heterocycles. The Kier molecular flexibility index (Phi) is 6.64. The Balaban J connectivity index is 1.87. The summed E-state index contributed by atoms with van der Waals surface area (Å²) in [5, 5.41) is 6.23. The maximum absolute atomic E-state index is 13.0. The van der Waals surface area contributed by atoms with Gasteiger partial charge < -0.3 is 29.8 Å². The van der Waals surface area contributed by atoms with Crippen LogP contribution in [0.5, 0.6) is 17.2 Å². The van der Waals surface area contributed by atoms with Gasteiger partial charge in [0.05, 0.1) is 26.8 Å². The van der Waals surface area contributed by atoms with Crippen LogP contribution in [0.15, 0.2) is 36.5 Å². The molecule has 31 heavy (non-hydrogen) atoms. The quantitative estimate of drug-likeness (QED) is 0.510. The fourth-order valence-corrected chi connectivity index (χ4v) is 3.26. The first-order valence-corrected chi connectivity index (χ1v) is 9.74. The third-order valence-corrected chi connectivity index (χ3v) is 4.82. The van der Waals surface area contributed by atoms with Crippen LogP contribution in [0.2, 0.25) is 0 Å². The molecule has 3 aromatic rings. The van der Waals surface area contributed by atoms with Gasteiger partial charge in [-0.2, -0.15) is 0 Å². The van der Waals surface area contributed by atoms with Crippen molar-refractivity contribution in [3.8, 4) is 17.2 Å². The molecule has 2 amide bonds. The van der Waals surface area contributed by atoms with Crippen LogP contribution in [0.3, 0.4) is 0 Å². The van der Waals surface area contributed by atoms with E-state index in [1.165, 1.54) is 21.3 Å². The second-order valence-corrected chi connectivity index (χ2v) is 7.19. The van der Waals surface area contributed by atoms with E-state index in [-0.39, 0.29) is 17.5 Å². The second-order valence-electron chi connectivity index (χ2n) is 7.19. The molecular formula is C22H26N4O5. The van der Waals surface area contributed by atoms with Gasteiger partial charge in [0, 0.05) is 11.6 Å². The fourth-order valence-electron chi connectivity index (χ4n) is 3.26. The van der Waals surface area contributed by atoms with Crippen molar-refractivity contribution < 1.29 is 23.8 Å². The smallest absolute Gasteiger partial charge is 0.268 e. The minimum Gasteiger partial charge on any atom is -0.493 e. The summed E-state index contributed by atoms with van der Waals surface area (Å²) >= 11 is 0. The number of aromatic nitrogens is 2. The van der Waals surface area contributed by atoms with Crippen LogP contribution < -0.4 is 24.8 Å². The van der Waals surface area contributed by atoms with Crippen molar-refractivity contribution in [2.75, 3.05) is 26.6 Å². The highest BCUT2D eigenvalue weighted by molar-refractivity contribution is 6.03. The summed E-state index contributed by atoms with van der Waals surface area (Å²) in [4.78, 5) is 32.8. The van der Waals surface area contributed by atoms with Gasteiger partial charge in [-0.05, 0) is 30.2 Å². The predicted molar refractivity (Wildman–Crippen MR) is 117 cm³/mol. The first kappa shape index (κ1) is 21.9. The molecule has 9 heteroatoms. The van der Waals surface area contributed by atoms with Crippen molar-refractivity contribution in [2.24, 2.45) is 5.92 Å². The highest BCUT2D eigenvalue weighted by Crippen LogP contribution is 2.43. The maximum atomic E-state index is 13.0. The lowest BCUT2D eigenvalue weighted by atomic mass is 10.0. The van der Waals surface area contributed by atoms with Gasteiger partial charge in [0.2, 0.25) is 11.7 Å². The zero-order valence-corrected chi connectivity index (χ0v) is 18.1. The van der Waals surface area contributed by atoms with Crippen molar-refractivity contribution in [3.63, 3.8) is 0 Å². The van der Waals surface area contributed by atoms with Crippen molar-refractivity contribution in [1.82, 2.24) is 15.3 Å². The number of methoxy groups -OCH3 is 3. The molecule has 164 valence electrons. The van der Waals surface area contributed by atoms with Crippen LogP contribution in [0, 0.1) is 5.92 Å². The molecular weight excluding hydrogens is 400 g/mol. The van der Waals surface area contributed by atoms with Crippen molar-refractivity contribution in [1.29, 1.82) is 0 Å². The molecule has 0 saturated carbocycles. The van der Waals surface area contributed by atoms with E-state index in [1.54, 1.807) is 36.5 Å². The van der Waals surface area contributed by atoms with Gasteiger partial charge in [0.15, 0.2) is 11.5 Å². The molecule has 1 atom stereocenters. The third kappa shape index (κ3) is 4.55. The minimum absolute atomic E-state index is 0.147. The number of carbonyl (C=O) groups is 2. The third-order valence-electron chi connectivity index (χ3n) is 4.82. The summed E-state index contributed by atoms with van der Waals surface area (Å²) in [6.07, 6.45) is 1.58. The summed E-state index contributed by atoms with van der Waals surface area (Å²) in [6, 6.07) is 7.87. The number of amides is 2. The van der Waals surface area contributed by atoms with Crippen LogP contribution in [0.25, 0.3) is 10.9 Å². The number of H-pyrrole nitrogens is 1. The number of benzene rings is 1. The van der Waals surface area contributed by atoms with Crippen LogP contribution >= 0.6 is 0 Å². The van der Waals surface area contributed by atoms with E-state index in [0.717, 1.165) is 0 Å². The first-order chi connectivity index (χ1) is 14.9. The van der Waals surface area contributed by atoms with E-state index in [4.69, 9.17) is 14.2 Å². The molecule has 0 aliphatic heterocycles. The fraction of sp³-hybridized carbons (Fsp3) is 0.318. The number of hydrogen-bond acceptors (Lipinski definition) is 6. The highest BCUT2D eigenvalue weighted by atomic mass is 16.5. The molecule has 0 saturated heterocycles. The normalized spacial score (nSPS) is 11.8. The molecule has 0 spiro atoms. The van der Waals surface area contributed by atoms with Crippen LogP contribution in [0.1, 0.15) is 24.3 Å². The molecule has 3 rings (SSSR count). The monoisotopic (exact) mass is 426 g/mol. The van der Waals surface area contributed by atoms with Crippen molar-refractivity contribution in [3.05, 3.63) is 42.2 Å². The Labute approximate surface area is 180 Å². The Hall–Kier alpha value is -3.75. The molecule has 1 aromatic carbocycles. The van der Waals surface area contributed by atoms with Gasteiger partial charge in [0.25, 0.3) is 5.91 Å². The maximum Gasteiger partial charge on any atom is 0.268 e. The van der Waals surface area contributed by atoms with Crippen LogP contribution in [-0.4, -0.2) is 49.2 Å². The molecule has 9 nitrogen and oxygen atoms in total. The van der Waals surface area contributed by atoms with E-state index in [1.807, 2.05) is 13.8 Å². The number of aromatic amines is 1. The predicted octanol–water partition coefficient (Wildman–Crippen LogP) is 2.98. The summed E-state index contributed by atoms with van der Waals surface area (Å²) < 4.78 is 16.2. The van der Waals surface area contributed by atoms with E-state index < -0.39 is 11.9 Å². The number of fused-ring (bicyclic) bond motifs is 1. The van der Waals surface area contributed by atoms with Gasteiger partial charge >= 0.3 is 0 Å². The Morgan fingerprint density at radius 3 is 2.35 bits per heavy atom. The van der Waals surface area contributed by atoms with E-state index in [2.05, 4.69) is 20.6 Å². The lowest BCUT2D eigenvalue weighted by Crippen LogP contribution is -2.47. The average molecular weight is 426 g/mol. The van der Waals surface area contributed by atoms with Gasteiger partial charge in [-0.1, -0.05) is 19.9 Å². The van der Waals surface area contributed by atoms with Gasteiger partial charge in [-0.15, -0.1) is 0 Å². The van der Waals surface area contributed by atoms with E-state index in [0.29, 0.717) is 34.0 Å². The van der Waals surface area contributed by atoms with E-state index >= 15 is 0 Å². The molecule has 3 N–H and O–H groups in total. The van der Waals surface area contributed by atoms with Gasteiger partial charge in [0.1, 0.15) is 17.6 Å². The molecule has 0 fully saturated rings. The summed E-state index contributed by atoms with van der Waals surface area (Å²) in [5.74, 6) is 0.816. The largest absolute Gasteiger partial charge is 0.493 e. The number of anilines is 1. The summed E-state index contributed by atoms with van der Waals surface area (Å²) in [6.45, 7) is 3.71. The molecule has 0 radical (unpaired) electrons. The Morgan fingerprint density at radius 1 is 1.03 bits per heavy atom. The molecule has 0 bridgehead atoms. The Bertz CT molecular complexity index is 1080. The zero-order valence-electron chi connectivity index (χ0n) is 18.1. The number of nitrogens with one attached hydrogen (secondary N) is 3. The standard InChI is InChI=1S/C22H26N4O5/c1-12(2)17(22(28)25-16-8-6-7-9-23-16)26-21(27)14-10-13-11-15(29-3)19(30-4)20(31-5)18(13)24-14/h6-12,17,24H,1-5H3,(H,26,27)(H,23,25,28)/t17-/m1/s1. The lowest BCUT2D eigenvalue weighted by molar-refractivity contribution is -0.118. The van der Waals surface area contributed by atoms with Crippen molar-refractivity contribution in [2.45, 2.75) is 19.9 Å². The second kappa shape index (κ2) is 9.38. The SMILES string of the molecule is COc1cc2cc(C(=O)N[C@@H](C(=O)Nc3ccccn3)C(C)C)[nH]c2c(OC)c1OC. The van der Waals surface area contributed by atoms with Gasteiger partial charge in [-0.25, -0.2) is 4.98 Å². The summed E-state index contributed by atoms with van der Waals surface area (Å²) in [5.41, 5.74) is 0.865. The van der Waals surface area contributed by atoms with Crippen LogP contribution in [-0.2, 0) is 4.79 Å². The average Bonchev–Trinajstić information content (AvgIpc) is 3.20. The zero-order chi connectivity index (χ0) is 22.5. The number of carbonyl (C=O) groups excluding carboxylic acids is 2. The number of hydrogen-bond donors (Lipinski definition) is 3. The molecule has 0 unspecified atom stereocenters. The first-order valence-electron chi connectivity index (χ1n) is 9.74. The number of pyridine rings is 1.